The number of nitrogens with one attached hydrogen (secondary N) is 2. The highest BCUT2D eigenvalue weighted by atomic mass is 79.9. The number of carbonyl (C=O) groups excluding carboxylic acids is 2. The Hall–Kier alpha value is -2.93. The van der Waals surface area contributed by atoms with E-state index < -0.39 is 5.97 Å². The number of hydrogen-bond acceptors (Lipinski definition) is 4. The van der Waals surface area contributed by atoms with Crippen molar-refractivity contribution in [3.05, 3.63) is 70.2 Å². The first-order chi connectivity index (χ1) is 12.6. The van der Waals surface area contributed by atoms with Crippen molar-refractivity contribution in [2.45, 2.75) is 6.92 Å². The van der Waals surface area contributed by atoms with Gasteiger partial charge in [-0.1, -0.05) is 46.3 Å². The van der Waals surface area contributed by atoms with Crippen LogP contribution in [0.2, 0.25) is 0 Å². The van der Waals surface area contributed by atoms with Crippen molar-refractivity contribution < 1.29 is 14.3 Å². The van der Waals surface area contributed by atoms with Gasteiger partial charge in [0.05, 0.1) is 12.3 Å². The van der Waals surface area contributed by atoms with Crippen LogP contribution >= 0.6 is 15.9 Å². The lowest BCUT2D eigenvalue weighted by molar-refractivity contribution is 0.0528. The lowest BCUT2D eigenvalue weighted by Gasteiger charge is -2.07. The second kappa shape index (κ2) is 7.97. The van der Waals surface area contributed by atoms with Gasteiger partial charge in [-0.3, -0.25) is 9.89 Å². The topological polar surface area (TPSA) is 84.1 Å². The molecule has 0 saturated heterocycles. The first kappa shape index (κ1) is 17.9. The Labute approximate surface area is 158 Å². The maximum atomic E-state index is 12.5. The van der Waals surface area contributed by atoms with Gasteiger partial charge in [0.1, 0.15) is 5.56 Å². The Morgan fingerprint density at radius 2 is 1.81 bits per heavy atom. The van der Waals surface area contributed by atoms with Crippen molar-refractivity contribution in [2.75, 3.05) is 11.9 Å². The highest BCUT2D eigenvalue weighted by molar-refractivity contribution is 9.10. The zero-order valence-electron chi connectivity index (χ0n) is 14.0. The molecule has 0 unspecified atom stereocenters. The molecule has 1 aromatic heterocycles. The van der Waals surface area contributed by atoms with Gasteiger partial charge in [-0.25, -0.2) is 4.79 Å². The fourth-order valence-electron chi connectivity index (χ4n) is 2.43. The Morgan fingerprint density at radius 1 is 1.12 bits per heavy atom. The minimum Gasteiger partial charge on any atom is -0.462 e. The summed E-state index contributed by atoms with van der Waals surface area (Å²) in [6.07, 6.45) is 0. The van der Waals surface area contributed by atoms with E-state index in [4.69, 9.17) is 4.74 Å². The number of carbonyl (C=O) groups is 2. The zero-order chi connectivity index (χ0) is 18.5. The largest absolute Gasteiger partial charge is 0.462 e. The molecule has 2 aromatic carbocycles. The molecule has 6 nitrogen and oxygen atoms in total. The molecule has 0 bridgehead atoms. The van der Waals surface area contributed by atoms with Gasteiger partial charge in [0.15, 0.2) is 5.82 Å². The van der Waals surface area contributed by atoms with E-state index in [2.05, 4.69) is 31.4 Å². The van der Waals surface area contributed by atoms with Gasteiger partial charge in [-0.2, -0.15) is 5.10 Å². The molecule has 26 heavy (non-hydrogen) atoms. The molecular formula is C19H16BrN3O3. The van der Waals surface area contributed by atoms with Gasteiger partial charge >= 0.3 is 5.97 Å². The molecule has 0 radical (unpaired) electrons. The van der Waals surface area contributed by atoms with Gasteiger partial charge in [0, 0.05) is 15.6 Å². The first-order valence-electron chi connectivity index (χ1n) is 7.98. The van der Waals surface area contributed by atoms with E-state index in [0.29, 0.717) is 11.3 Å². The molecule has 132 valence electrons. The summed E-state index contributed by atoms with van der Waals surface area (Å²) in [6, 6.07) is 16.1. The molecule has 0 fully saturated rings. The fourth-order valence-corrected chi connectivity index (χ4v) is 2.69. The number of rotatable bonds is 5. The maximum absolute atomic E-state index is 12.5. The van der Waals surface area contributed by atoms with Gasteiger partial charge in [0.25, 0.3) is 5.91 Å². The summed E-state index contributed by atoms with van der Waals surface area (Å²) in [7, 11) is 0. The summed E-state index contributed by atoms with van der Waals surface area (Å²) in [5, 5.41) is 9.61. The second-order valence-corrected chi connectivity index (χ2v) is 6.29. The minimum atomic E-state index is -0.550. The summed E-state index contributed by atoms with van der Waals surface area (Å²) < 4.78 is 6.00. The molecule has 0 aliphatic rings. The standard InChI is InChI=1S/C19H16BrN3O3/c1-2-26-19(25)15-16(12-6-4-3-5-7-12)22-23-17(15)21-18(24)13-8-10-14(20)11-9-13/h3-11H,2H2,1H3,(H2,21,22,23,24). The lowest BCUT2D eigenvalue weighted by Crippen LogP contribution is -2.15. The van der Waals surface area contributed by atoms with Gasteiger partial charge in [-0.15, -0.1) is 0 Å². The zero-order valence-corrected chi connectivity index (χ0v) is 15.5. The maximum Gasteiger partial charge on any atom is 0.344 e. The van der Waals surface area contributed by atoms with Crippen molar-refractivity contribution in [1.82, 2.24) is 10.2 Å². The van der Waals surface area contributed by atoms with Crippen LogP contribution in [0, 0.1) is 0 Å². The van der Waals surface area contributed by atoms with Crippen molar-refractivity contribution in [2.24, 2.45) is 0 Å². The Balaban J connectivity index is 1.96. The molecule has 0 saturated carbocycles. The molecule has 7 heteroatoms. The molecule has 0 aliphatic heterocycles. The number of H-pyrrole nitrogens is 1. The van der Waals surface area contributed by atoms with Crippen LogP contribution in [0.25, 0.3) is 11.3 Å². The van der Waals surface area contributed by atoms with Crippen LogP contribution in [0.3, 0.4) is 0 Å². The Bertz CT molecular complexity index is 921. The van der Waals surface area contributed by atoms with Crippen molar-refractivity contribution in [3.63, 3.8) is 0 Å². The lowest BCUT2D eigenvalue weighted by atomic mass is 10.1. The van der Waals surface area contributed by atoms with Crippen LogP contribution in [0.15, 0.2) is 59.1 Å². The van der Waals surface area contributed by atoms with E-state index in [1.807, 2.05) is 30.3 Å². The third-order valence-corrected chi connectivity index (χ3v) is 4.18. The molecule has 3 aromatic rings. The van der Waals surface area contributed by atoms with E-state index >= 15 is 0 Å². The Kier molecular flexibility index (Phi) is 5.48. The summed E-state index contributed by atoms with van der Waals surface area (Å²) in [5.41, 5.74) is 1.91. The summed E-state index contributed by atoms with van der Waals surface area (Å²) in [5.74, 6) is -0.782. The molecule has 3 rings (SSSR count). The van der Waals surface area contributed by atoms with Gasteiger partial charge < -0.3 is 10.1 Å². The average molecular weight is 414 g/mol. The first-order valence-corrected chi connectivity index (χ1v) is 8.77. The van der Waals surface area contributed by atoms with Crippen molar-refractivity contribution in [3.8, 4) is 11.3 Å². The normalized spacial score (nSPS) is 10.4. The number of anilines is 1. The monoisotopic (exact) mass is 413 g/mol. The molecule has 0 atom stereocenters. The predicted molar refractivity (Wildman–Crippen MR) is 102 cm³/mol. The van der Waals surface area contributed by atoms with E-state index in [9.17, 15) is 9.59 Å². The molecule has 1 amide bonds. The number of halogens is 1. The molecule has 2 N–H and O–H groups in total. The Morgan fingerprint density at radius 3 is 2.46 bits per heavy atom. The third kappa shape index (κ3) is 3.83. The summed E-state index contributed by atoms with van der Waals surface area (Å²) in [6.45, 7) is 1.94. The number of benzene rings is 2. The molecule has 1 heterocycles. The SMILES string of the molecule is CCOC(=O)c1c(NC(=O)c2ccc(Br)cc2)n[nH]c1-c1ccccc1. The third-order valence-electron chi connectivity index (χ3n) is 3.65. The van der Waals surface area contributed by atoms with Crippen LogP contribution < -0.4 is 5.32 Å². The molecule has 0 spiro atoms. The van der Waals surface area contributed by atoms with Crippen molar-refractivity contribution in [1.29, 1.82) is 0 Å². The van der Waals surface area contributed by atoms with E-state index in [1.54, 1.807) is 31.2 Å². The number of esters is 1. The second-order valence-electron chi connectivity index (χ2n) is 5.37. The quantitative estimate of drug-likeness (QED) is 0.611. The predicted octanol–water partition coefficient (Wildman–Crippen LogP) is 4.27. The smallest absolute Gasteiger partial charge is 0.344 e. The van der Waals surface area contributed by atoms with Crippen LogP contribution in [-0.4, -0.2) is 28.7 Å². The number of aromatic nitrogens is 2. The van der Waals surface area contributed by atoms with Crippen molar-refractivity contribution >= 4 is 33.6 Å². The number of ether oxygens (including phenoxy) is 1. The van der Waals surface area contributed by atoms with Gasteiger partial charge in [0.2, 0.25) is 0 Å². The fraction of sp³-hybridized carbons (Fsp3) is 0.105. The van der Waals surface area contributed by atoms with Crippen LogP contribution in [0.1, 0.15) is 27.6 Å². The average Bonchev–Trinajstić information content (AvgIpc) is 3.07. The molecule has 0 aliphatic carbocycles. The number of nitrogens with zero attached hydrogens (tertiary/aromatic N) is 1. The summed E-state index contributed by atoms with van der Waals surface area (Å²) in [4.78, 5) is 24.9. The number of hydrogen-bond donors (Lipinski definition) is 2. The van der Waals surface area contributed by atoms with Gasteiger partial charge in [-0.05, 0) is 31.2 Å². The van der Waals surface area contributed by atoms with Crippen LogP contribution in [0.4, 0.5) is 5.82 Å². The summed E-state index contributed by atoms with van der Waals surface area (Å²) >= 11 is 3.33. The van der Waals surface area contributed by atoms with E-state index in [0.717, 1.165) is 10.0 Å². The van der Waals surface area contributed by atoms with Crippen LogP contribution in [-0.2, 0) is 4.74 Å². The number of aromatic amines is 1. The highest BCUT2D eigenvalue weighted by Crippen LogP contribution is 2.28. The molecular weight excluding hydrogens is 398 g/mol. The highest BCUT2D eigenvalue weighted by Gasteiger charge is 2.24. The van der Waals surface area contributed by atoms with Crippen LogP contribution in [0.5, 0.6) is 0 Å². The van der Waals surface area contributed by atoms with E-state index in [-0.39, 0.29) is 23.9 Å². The minimum absolute atomic E-state index is 0.134. The van der Waals surface area contributed by atoms with E-state index in [1.165, 1.54) is 0 Å². The number of amides is 1.